The van der Waals surface area contributed by atoms with Crippen molar-refractivity contribution in [2.24, 2.45) is 0 Å². The summed E-state index contributed by atoms with van der Waals surface area (Å²) in [4.78, 5) is 0. The van der Waals surface area contributed by atoms with E-state index in [1.54, 1.807) is 30.3 Å². The molecule has 0 aliphatic carbocycles. The molecule has 5 heteroatoms. The minimum absolute atomic E-state index is 0.0584. The third-order valence-corrected chi connectivity index (χ3v) is 2.83. The second-order valence-corrected chi connectivity index (χ2v) is 4.13. The van der Waals surface area contributed by atoms with Gasteiger partial charge in [-0.3, -0.25) is 0 Å². The number of anilines is 1. The van der Waals surface area contributed by atoms with Crippen LogP contribution in [-0.4, -0.2) is 14.2 Å². The van der Waals surface area contributed by atoms with E-state index in [4.69, 9.17) is 19.9 Å². The van der Waals surface area contributed by atoms with Gasteiger partial charge in [-0.15, -0.1) is 0 Å². The smallest absolute Gasteiger partial charge is 0.203 e. The molecule has 0 heterocycles. The number of rotatable bonds is 5. The number of halogens is 1. The summed E-state index contributed by atoms with van der Waals surface area (Å²) in [5.41, 5.74) is 6.29. The molecule has 2 aromatic rings. The van der Waals surface area contributed by atoms with E-state index in [0.29, 0.717) is 28.5 Å². The van der Waals surface area contributed by atoms with Crippen LogP contribution in [0.3, 0.4) is 0 Å². The zero-order valence-electron chi connectivity index (χ0n) is 11.4. The Labute approximate surface area is 116 Å². The fourth-order valence-corrected chi connectivity index (χ4v) is 1.79. The maximum absolute atomic E-state index is 13.7. The van der Waals surface area contributed by atoms with E-state index in [9.17, 15) is 4.39 Å². The number of ether oxygens (including phenoxy) is 3. The van der Waals surface area contributed by atoms with Crippen molar-refractivity contribution in [1.82, 2.24) is 0 Å². The van der Waals surface area contributed by atoms with E-state index in [-0.39, 0.29) is 6.61 Å². The molecule has 0 aromatic heterocycles. The number of benzene rings is 2. The van der Waals surface area contributed by atoms with Crippen molar-refractivity contribution in [3.05, 3.63) is 47.8 Å². The van der Waals surface area contributed by atoms with Crippen LogP contribution >= 0.6 is 0 Å². The zero-order chi connectivity index (χ0) is 14.5. The van der Waals surface area contributed by atoms with Crippen molar-refractivity contribution in [3.8, 4) is 17.2 Å². The lowest BCUT2D eigenvalue weighted by Gasteiger charge is -2.14. The van der Waals surface area contributed by atoms with Crippen LogP contribution in [0.4, 0.5) is 10.1 Å². The van der Waals surface area contributed by atoms with Gasteiger partial charge >= 0.3 is 0 Å². The van der Waals surface area contributed by atoms with Crippen LogP contribution in [0, 0.1) is 5.82 Å². The lowest BCUT2D eigenvalue weighted by atomic mass is 10.2. The molecule has 0 amide bonds. The van der Waals surface area contributed by atoms with Crippen molar-refractivity contribution in [2.75, 3.05) is 20.0 Å². The van der Waals surface area contributed by atoms with Crippen LogP contribution in [0.15, 0.2) is 36.4 Å². The molecule has 0 radical (unpaired) electrons. The molecule has 2 rings (SSSR count). The molecule has 0 atom stereocenters. The zero-order valence-corrected chi connectivity index (χ0v) is 11.4. The molecule has 106 valence electrons. The maximum atomic E-state index is 13.7. The Morgan fingerprint density at radius 1 is 1.05 bits per heavy atom. The second kappa shape index (κ2) is 6.14. The molecule has 0 unspecified atom stereocenters. The fourth-order valence-electron chi connectivity index (χ4n) is 1.79. The van der Waals surface area contributed by atoms with Crippen LogP contribution in [0.25, 0.3) is 0 Å². The molecule has 0 saturated heterocycles. The van der Waals surface area contributed by atoms with Gasteiger partial charge in [0.15, 0.2) is 11.5 Å². The molecule has 0 saturated carbocycles. The highest BCUT2D eigenvalue weighted by Crippen LogP contribution is 2.37. The van der Waals surface area contributed by atoms with Crippen molar-refractivity contribution >= 4 is 5.69 Å². The van der Waals surface area contributed by atoms with Crippen LogP contribution in [-0.2, 0) is 6.61 Å². The lowest BCUT2D eigenvalue weighted by molar-refractivity contribution is 0.262. The lowest BCUT2D eigenvalue weighted by Crippen LogP contribution is -2.02. The number of nitrogens with two attached hydrogens (primary N) is 1. The second-order valence-electron chi connectivity index (χ2n) is 4.13. The van der Waals surface area contributed by atoms with Crippen molar-refractivity contribution in [1.29, 1.82) is 0 Å². The van der Waals surface area contributed by atoms with Crippen molar-refractivity contribution in [3.63, 3.8) is 0 Å². The summed E-state index contributed by atoms with van der Waals surface area (Å²) < 4.78 is 29.7. The van der Waals surface area contributed by atoms with Crippen LogP contribution < -0.4 is 19.9 Å². The number of methoxy groups -OCH3 is 2. The first-order valence-corrected chi connectivity index (χ1v) is 6.03. The highest BCUT2D eigenvalue weighted by molar-refractivity contribution is 5.51. The Morgan fingerprint density at radius 2 is 1.70 bits per heavy atom. The van der Waals surface area contributed by atoms with Gasteiger partial charge in [0.2, 0.25) is 5.75 Å². The summed E-state index contributed by atoms with van der Waals surface area (Å²) in [6.45, 7) is 0.0584. The van der Waals surface area contributed by atoms with Gasteiger partial charge < -0.3 is 19.9 Å². The van der Waals surface area contributed by atoms with Gasteiger partial charge in [-0.25, -0.2) is 4.39 Å². The average Bonchev–Trinajstić information content (AvgIpc) is 2.46. The number of hydrogen-bond donors (Lipinski definition) is 1. The Hall–Kier alpha value is -2.43. The molecule has 20 heavy (non-hydrogen) atoms. The number of hydrogen-bond acceptors (Lipinski definition) is 4. The number of nitrogen functional groups attached to an aromatic ring is 1. The standard InChI is InChI=1S/C15H16FNO3/c1-18-13-4-3-5-14(19-2)15(13)20-9-10-6-7-11(17)8-12(10)16/h3-8H,9,17H2,1-2H3. The monoisotopic (exact) mass is 277 g/mol. The van der Waals surface area contributed by atoms with Gasteiger partial charge in [-0.05, 0) is 24.3 Å². The normalized spacial score (nSPS) is 10.2. The highest BCUT2D eigenvalue weighted by Gasteiger charge is 2.12. The quantitative estimate of drug-likeness (QED) is 0.854. The van der Waals surface area contributed by atoms with Crippen LogP contribution in [0.5, 0.6) is 17.2 Å². The minimum atomic E-state index is -0.404. The van der Waals surface area contributed by atoms with Crippen molar-refractivity contribution < 1.29 is 18.6 Å². The van der Waals surface area contributed by atoms with E-state index in [2.05, 4.69) is 0 Å². The molecular formula is C15H16FNO3. The molecular weight excluding hydrogens is 261 g/mol. The Morgan fingerprint density at radius 3 is 2.25 bits per heavy atom. The Kier molecular flexibility index (Phi) is 4.30. The molecule has 0 aliphatic rings. The van der Waals surface area contributed by atoms with E-state index in [1.807, 2.05) is 0 Å². The first-order valence-electron chi connectivity index (χ1n) is 6.03. The molecule has 0 aliphatic heterocycles. The third-order valence-electron chi connectivity index (χ3n) is 2.83. The maximum Gasteiger partial charge on any atom is 0.203 e. The predicted molar refractivity (Wildman–Crippen MR) is 74.7 cm³/mol. The summed E-state index contributed by atoms with van der Waals surface area (Å²) in [7, 11) is 3.07. The third kappa shape index (κ3) is 2.93. The van der Waals surface area contributed by atoms with Crippen LogP contribution in [0.1, 0.15) is 5.56 Å². The van der Waals surface area contributed by atoms with Gasteiger partial charge in [0, 0.05) is 11.3 Å². The molecule has 2 N–H and O–H groups in total. The van der Waals surface area contributed by atoms with E-state index in [0.717, 1.165) is 0 Å². The number of para-hydroxylation sites is 1. The molecule has 0 fully saturated rings. The first kappa shape index (κ1) is 14.0. The minimum Gasteiger partial charge on any atom is -0.493 e. The van der Waals surface area contributed by atoms with Crippen molar-refractivity contribution in [2.45, 2.75) is 6.61 Å². The summed E-state index contributed by atoms with van der Waals surface area (Å²) in [6.07, 6.45) is 0. The van der Waals surface area contributed by atoms with Gasteiger partial charge in [0.05, 0.1) is 14.2 Å². The van der Waals surface area contributed by atoms with Gasteiger partial charge in [-0.2, -0.15) is 0 Å². The summed E-state index contributed by atoms with van der Waals surface area (Å²) >= 11 is 0. The fraction of sp³-hybridized carbons (Fsp3) is 0.200. The van der Waals surface area contributed by atoms with Gasteiger partial charge in [-0.1, -0.05) is 12.1 Å². The van der Waals surface area contributed by atoms with E-state index < -0.39 is 5.82 Å². The molecule has 2 aromatic carbocycles. The molecule has 0 spiro atoms. The topological polar surface area (TPSA) is 53.7 Å². The Bertz CT molecular complexity index is 579. The van der Waals surface area contributed by atoms with Gasteiger partial charge in [0.25, 0.3) is 0 Å². The largest absolute Gasteiger partial charge is 0.493 e. The SMILES string of the molecule is COc1cccc(OC)c1OCc1ccc(N)cc1F. The highest BCUT2D eigenvalue weighted by atomic mass is 19.1. The van der Waals surface area contributed by atoms with Crippen LogP contribution in [0.2, 0.25) is 0 Å². The van der Waals surface area contributed by atoms with Gasteiger partial charge in [0.1, 0.15) is 12.4 Å². The molecule has 4 nitrogen and oxygen atoms in total. The first-order chi connectivity index (χ1) is 9.65. The predicted octanol–water partition coefficient (Wildman–Crippen LogP) is 3.00. The summed E-state index contributed by atoms with van der Waals surface area (Å²) in [5, 5.41) is 0. The van der Waals surface area contributed by atoms with E-state index in [1.165, 1.54) is 20.3 Å². The average molecular weight is 277 g/mol. The summed E-state index contributed by atoms with van der Waals surface area (Å²) in [6, 6.07) is 9.76. The molecule has 0 bridgehead atoms. The Balaban J connectivity index is 2.22. The summed E-state index contributed by atoms with van der Waals surface area (Å²) in [5.74, 6) is 1.09. The van der Waals surface area contributed by atoms with E-state index >= 15 is 0 Å².